The summed E-state index contributed by atoms with van der Waals surface area (Å²) in [5.74, 6) is -0.109. The van der Waals surface area contributed by atoms with E-state index in [0.29, 0.717) is 19.6 Å². The minimum atomic E-state index is -0.313. The molecule has 0 rings (SSSR count). The highest BCUT2D eigenvalue weighted by atomic mass is 16.5. The molecule has 0 spiro atoms. The molecule has 0 saturated heterocycles. The van der Waals surface area contributed by atoms with Gasteiger partial charge in [-0.2, -0.15) is 0 Å². The Bertz CT molecular complexity index is 150. The average Bonchev–Trinajstić information content (AvgIpc) is 2.18. The third kappa shape index (κ3) is 8.01. The molecule has 4 heteroatoms. The zero-order valence-corrected chi connectivity index (χ0v) is 9.08. The van der Waals surface area contributed by atoms with Gasteiger partial charge in [-0.05, 0) is 19.3 Å². The summed E-state index contributed by atoms with van der Waals surface area (Å²) < 4.78 is 5.05. The lowest BCUT2D eigenvalue weighted by molar-refractivity contribution is -0.125. The molecule has 0 aliphatic heterocycles. The van der Waals surface area contributed by atoms with E-state index in [0.717, 1.165) is 12.8 Å². The lowest BCUT2D eigenvalue weighted by Gasteiger charge is -2.08. The fourth-order valence-corrected chi connectivity index (χ4v) is 0.943. The van der Waals surface area contributed by atoms with E-state index < -0.39 is 0 Å². The summed E-state index contributed by atoms with van der Waals surface area (Å²) in [5, 5.41) is 11.9. The van der Waals surface area contributed by atoms with Gasteiger partial charge in [0.05, 0.1) is 6.10 Å². The van der Waals surface area contributed by atoms with Crippen molar-refractivity contribution in [3.8, 4) is 0 Å². The number of carbonyl (C=O) groups is 1. The van der Waals surface area contributed by atoms with Crippen molar-refractivity contribution in [2.45, 2.75) is 39.2 Å². The Labute approximate surface area is 85.6 Å². The number of carbonyl (C=O) groups excluding carboxylic acids is 1. The molecule has 0 aromatic rings. The Hall–Kier alpha value is -0.610. The first-order valence-electron chi connectivity index (χ1n) is 5.23. The van der Waals surface area contributed by atoms with Crippen molar-refractivity contribution in [3.63, 3.8) is 0 Å². The monoisotopic (exact) mass is 203 g/mol. The zero-order chi connectivity index (χ0) is 10.8. The molecular weight excluding hydrogens is 182 g/mol. The largest absolute Gasteiger partial charge is 0.393 e. The van der Waals surface area contributed by atoms with Gasteiger partial charge in [-0.1, -0.05) is 13.8 Å². The molecule has 1 atom stereocenters. The van der Waals surface area contributed by atoms with E-state index in [4.69, 9.17) is 4.74 Å². The predicted molar refractivity (Wildman–Crippen MR) is 55.0 cm³/mol. The maximum absolute atomic E-state index is 11.1. The molecule has 84 valence electrons. The Kier molecular flexibility index (Phi) is 8.57. The first kappa shape index (κ1) is 13.4. The summed E-state index contributed by atoms with van der Waals surface area (Å²) in [4.78, 5) is 11.1. The fourth-order valence-electron chi connectivity index (χ4n) is 0.943. The van der Waals surface area contributed by atoms with Crippen molar-refractivity contribution in [1.29, 1.82) is 0 Å². The number of nitrogens with one attached hydrogen (secondary N) is 1. The van der Waals surface area contributed by atoms with Crippen LogP contribution >= 0.6 is 0 Å². The smallest absolute Gasteiger partial charge is 0.245 e. The van der Waals surface area contributed by atoms with Crippen LogP contribution in [0.15, 0.2) is 0 Å². The summed E-state index contributed by atoms with van der Waals surface area (Å²) in [6.07, 6.45) is 1.94. The lowest BCUT2D eigenvalue weighted by Crippen LogP contribution is -2.30. The minimum absolute atomic E-state index is 0.109. The quantitative estimate of drug-likeness (QED) is 0.571. The average molecular weight is 203 g/mol. The molecule has 0 aromatic heterocycles. The fraction of sp³-hybridized carbons (Fsp3) is 0.900. The van der Waals surface area contributed by atoms with Gasteiger partial charge in [0.1, 0.15) is 6.61 Å². The molecule has 0 radical (unpaired) electrons. The topological polar surface area (TPSA) is 58.6 Å². The maximum atomic E-state index is 11.1. The van der Waals surface area contributed by atoms with Gasteiger partial charge in [0, 0.05) is 13.2 Å². The van der Waals surface area contributed by atoms with Crippen LogP contribution in [0.5, 0.6) is 0 Å². The highest BCUT2D eigenvalue weighted by Gasteiger charge is 2.03. The van der Waals surface area contributed by atoms with Crippen LogP contribution in [0.2, 0.25) is 0 Å². The normalized spacial score (nSPS) is 12.5. The number of aliphatic hydroxyl groups excluding tert-OH is 1. The van der Waals surface area contributed by atoms with Crippen LogP contribution in [0.1, 0.15) is 33.1 Å². The predicted octanol–water partition coefficient (Wildman–Crippen LogP) is 0.690. The second-order valence-corrected chi connectivity index (χ2v) is 3.25. The van der Waals surface area contributed by atoms with Crippen molar-refractivity contribution < 1.29 is 14.6 Å². The Balaban J connectivity index is 3.26. The number of hydrogen-bond acceptors (Lipinski definition) is 3. The Morgan fingerprint density at radius 1 is 1.50 bits per heavy atom. The van der Waals surface area contributed by atoms with Crippen LogP contribution in [0, 0.1) is 0 Å². The molecule has 0 aliphatic carbocycles. The standard InChI is InChI=1S/C10H21NO3/c1-3-7-14-8-10(13)11-6-5-9(12)4-2/h9,12H,3-8H2,1-2H3,(H,11,13). The maximum Gasteiger partial charge on any atom is 0.245 e. The SMILES string of the molecule is CCCOCC(=O)NCCC(O)CC. The summed E-state index contributed by atoms with van der Waals surface area (Å²) in [5.41, 5.74) is 0. The third-order valence-corrected chi connectivity index (χ3v) is 1.85. The van der Waals surface area contributed by atoms with Crippen LogP contribution in [0.3, 0.4) is 0 Å². The molecule has 0 fully saturated rings. The van der Waals surface area contributed by atoms with Crippen molar-refractivity contribution >= 4 is 5.91 Å². The number of amides is 1. The van der Waals surface area contributed by atoms with Crippen LogP contribution < -0.4 is 5.32 Å². The third-order valence-electron chi connectivity index (χ3n) is 1.85. The van der Waals surface area contributed by atoms with E-state index in [1.54, 1.807) is 0 Å². The Morgan fingerprint density at radius 3 is 2.79 bits per heavy atom. The van der Waals surface area contributed by atoms with Gasteiger partial charge in [-0.15, -0.1) is 0 Å². The van der Waals surface area contributed by atoms with Crippen LogP contribution in [0.25, 0.3) is 0 Å². The highest BCUT2D eigenvalue weighted by Crippen LogP contribution is 1.94. The second kappa shape index (κ2) is 8.97. The molecule has 0 aliphatic rings. The second-order valence-electron chi connectivity index (χ2n) is 3.25. The molecule has 0 heterocycles. The molecule has 14 heavy (non-hydrogen) atoms. The van der Waals surface area contributed by atoms with E-state index >= 15 is 0 Å². The number of hydrogen-bond donors (Lipinski definition) is 2. The van der Waals surface area contributed by atoms with E-state index in [9.17, 15) is 9.90 Å². The minimum Gasteiger partial charge on any atom is -0.393 e. The van der Waals surface area contributed by atoms with Crippen LogP contribution in [-0.4, -0.2) is 36.9 Å². The van der Waals surface area contributed by atoms with E-state index in [-0.39, 0.29) is 18.6 Å². The molecule has 4 nitrogen and oxygen atoms in total. The van der Waals surface area contributed by atoms with Crippen molar-refractivity contribution in [3.05, 3.63) is 0 Å². The van der Waals surface area contributed by atoms with E-state index in [1.165, 1.54) is 0 Å². The van der Waals surface area contributed by atoms with Crippen molar-refractivity contribution in [2.75, 3.05) is 19.8 Å². The van der Waals surface area contributed by atoms with Gasteiger partial charge >= 0.3 is 0 Å². The molecule has 1 unspecified atom stereocenters. The first-order valence-corrected chi connectivity index (χ1v) is 5.23. The molecule has 2 N–H and O–H groups in total. The highest BCUT2D eigenvalue weighted by molar-refractivity contribution is 5.77. The number of ether oxygens (including phenoxy) is 1. The lowest BCUT2D eigenvalue weighted by atomic mass is 10.2. The van der Waals surface area contributed by atoms with Gasteiger partial charge in [0.2, 0.25) is 5.91 Å². The van der Waals surface area contributed by atoms with Gasteiger partial charge in [0.15, 0.2) is 0 Å². The van der Waals surface area contributed by atoms with Crippen LogP contribution in [-0.2, 0) is 9.53 Å². The van der Waals surface area contributed by atoms with Gasteiger partial charge in [-0.25, -0.2) is 0 Å². The summed E-state index contributed by atoms with van der Waals surface area (Å²) in [6, 6.07) is 0. The van der Waals surface area contributed by atoms with Gasteiger partial charge in [-0.3, -0.25) is 4.79 Å². The Morgan fingerprint density at radius 2 is 2.21 bits per heavy atom. The van der Waals surface area contributed by atoms with E-state index in [2.05, 4.69) is 5.32 Å². The molecule has 1 amide bonds. The summed E-state index contributed by atoms with van der Waals surface area (Å²) >= 11 is 0. The van der Waals surface area contributed by atoms with E-state index in [1.807, 2.05) is 13.8 Å². The van der Waals surface area contributed by atoms with Crippen molar-refractivity contribution in [1.82, 2.24) is 5.32 Å². The number of rotatable bonds is 8. The number of aliphatic hydroxyl groups is 1. The zero-order valence-electron chi connectivity index (χ0n) is 9.08. The van der Waals surface area contributed by atoms with Gasteiger partial charge in [0.25, 0.3) is 0 Å². The van der Waals surface area contributed by atoms with Gasteiger partial charge < -0.3 is 15.2 Å². The summed E-state index contributed by atoms with van der Waals surface area (Å²) in [7, 11) is 0. The molecule has 0 bridgehead atoms. The van der Waals surface area contributed by atoms with Crippen molar-refractivity contribution in [2.24, 2.45) is 0 Å². The first-order chi connectivity index (χ1) is 6.70. The molecular formula is C10H21NO3. The molecule has 0 saturated carbocycles. The summed E-state index contributed by atoms with van der Waals surface area (Å²) in [6.45, 7) is 5.16. The van der Waals surface area contributed by atoms with Crippen LogP contribution in [0.4, 0.5) is 0 Å². The molecule has 0 aromatic carbocycles.